The van der Waals surface area contributed by atoms with Crippen molar-refractivity contribution in [1.29, 1.82) is 0 Å². The van der Waals surface area contributed by atoms with Gasteiger partial charge in [0, 0.05) is 31.7 Å². The fourth-order valence-corrected chi connectivity index (χ4v) is 2.82. The predicted molar refractivity (Wildman–Crippen MR) is 79.0 cm³/mol. The van der Waals surface area contributed by atoms with Gasteiger partial charge in [0.15, 0.2) is 0 Å². The molecule has 1 aliphatic heterocycles. The van der Waals surface area contributed by atoms with Crippen LogP contribution in [0.4, 0.5) is 5.69 Å². The molecule has 0 radical (unpaired) electrons. The summed E-state index contributed by atoms with van der Waals surface area (Å²) < 4.78 is 1.63. The van der Waals surface area contributed by atoms with Crippen LogP contribution in [0.5, 0.6) is 0 Å². The van der Waals surface area contributed by atoms with Crippen LogP contribution in [-0.4, -0.2) is 39.4 Å². The number of likely N-dealkylation sites (tertiary alicyclic amines) is 1. The van der Waals surface area contributed by atoms with Gasteiger partial charge in [0.05, 0.1) is 11.1 Å². The first-order valence-corrected chi connectivity index (χ1v) is 7.33. The topological polar surface area (TPSA) is 94.4 Å². The Hall–Kier alpha value is -1.89. The highest BCUT2D eigenvalue weighted by molar-refractivity contribution is 5.93. The summed E-state index contributed by atoms with van der Waals surface area (Å²) in [5.41, 5.74) is 6.28. The van der Waals surface area contributed by atoms with Gasteiger partial charge in [0.25, 0.3) is 11.6 Å². The van der Waals surface area contributed by atoms with Gasteiger partial charge >= 0.3 is 0 Å². The average Bonchev–Trinajstić information content (AvgIpc) is 2.91. The minimum absolute atomic E-state index is 0.0408. The van der Waals surface area contributed by atoms with Gasteiger partial charge in [-0.15, -0.1) is 0 Å². The second-order valence-electron chi connectivity index (χ2n) is 5.64. The van der Waals surface area contributed by atoms with Gasteiger partial charge in [0.2, 0.25) is 0 Å². The van der Waals surface area contributed by atoms with Gasteiger partial charge in [-0.1, -0.05) is 0 Å². The summed E-state index contributed by atoms with van der Waals surface area (Å²) in [6, 6.07) is 1.41. The summed E-state index contributed by atoms with van der Waals surface area (Å²) in [5, 5.41) is 10.9. The first-order chi connectivity index (χ1) is 9.93. The van der Waals surface area contributed by atoms with Gasteiger partial charge in [-0.05, 0) is 32.6 Å². The molecule has 0 aliphatic carbocycles. The molecule has 1 aromatic rings. The fraction of sp³-hybridized carbons (Fsp3) is 0.643. The van der Waals surface area contributed by atoms with Gasteiger partial charge in [0.1, 0.15) is 5.69 Å². The summed E-state index contributed by atoms with van der Waals surface area (Å²) in [5.74, 6) is 0.151. The van der Waals surface area contributed by atoms with Crippen molar-refractivity contribution in [2.24, 2.45) is 11.7 Å². The summed E-state index contributed by atoms with van der Waals surface area (Å²) >= 11 is 0. The molecule has 0 spiro atoms. The molecule has 2 atom stereocenters. The van der Waals surface area contributed by atoms with E-state index in [0.717, 1.165) is 12.8 Å². The molecule has 1 saturated heterocycles. The smallest absolute Gasteiger partial charge is 0.287 e. The minimum Gasteiger partial charge on any atom is -0.337 e. The monoisotopic (exact) mass is 294 g/mol. The van der Waals surface area contributed by atoms with E-state index in [-0.39, 0.29) is 17.6 Å². The number of aryl methyl sites for hydroxylation is 1. The lowest BCUT2D eigenvalue weighted by molar-refractivity contribution is -0.384. The molecule has 1 amide bonds. The Kier molecular flexibility index (Phi) is 4.62. The molecule has 0 saturated carbocycles. The normalized spacial score (nSPS) is 20.3. The maximum atomic E-state index is 12.6. The number of carbonyl (C=O) groups is 1. The molecular weight excluding hydrogens is 272 g/mol. The second-order valence-corrected chi connectivity index (χ2v) is 5.64. The largest absolute Gasteiger partial charge is 0.337 e. The molecule has 1 fully saturated rings. The van der Waals surface area contributed by atoms with E-state index in [1.54, 1.807) is 9.47 Å². The average molecular weight is 294 g/mol. The molecule has 7 nitrogen and oxygen atoms in total. The van der Waals surface area contributed by atoms with Crippen LogP contribution >= 0.6 is 0 Å². The van der Waals surface area contributed by atoms with Crippen LogP contribution in [0.15, 0.2) is 12.3 Å². The summed E-state index contributed by atoms with van der Waals surface area (Å²) in [4.78, 5) is 24.8. The van der Waals surface area contributed by atoms with Gasteiger partial charge in [-0.2, -0.15) is 0 Å². The van der Waals surface area contributed by atoms with Crippen LogP contribution in [0.25, 0.3) is 0 Å². The van der Waals surface area contributed by atoms with E-state index in [4.69, 9.17) is 5.73 Å². The van der Waals surface area contributed by atoms with Crippen molar-refractivity contribution in [1.82, 2.24) is 9.47 Å². The lowest BCUT2D eigenvalue weighted by Gasteiger charge is -2.34. The third-order valence-electron chi connectivity index (χ3n) is 4.14. The standard InChI is InChI=1S/C14H22N4O3/c1-3-16-9-12(18(20)21)7-13(16)14(19)17-6-4-5-11(8-17)10(2)15/h7,9-11H,3-6,8,15H2,1-2H3. The molecule has 1 aliphatic rings. The number of hydrogen-bond donors (Lipinski definition) is 1. The van der Waals surface area contributed by atoms with E-state index in [1.165, 1.54) is 12.3 Å². The molecule has 2 rings (SSSR count). The third kappa shape index (κ3) is 3.24. The first-order valence-electron chi connectivity index (χ1n) is 7.33. The van der Waals surface area contributed by atoms with Crippen LogP contribution in [0, 0.1) is 16.0 Å². The summed E-state index contributed by atoms with van der Waals surface area (Å²) in [6.45, 7) is 5.66. The van der Waals surface area contributed by atoms with Crippen molar-refractivity contribution >= 4 is 11.6 Å². The molecule has 0 aromatic carbocycles. The highest BCUT2D eigenvalue weighted by Gasteiger charge is 2.29. The Morgan fingerprint density at radius 1 is 1.62 bits per heavy atom. The summed E-state index contributed by atoms with van der Waals surface area (Å²) in [7, 11) is 0. The number of nitrogens with zero attached hydrogens (tertiary/aromatic N) is 3. The number of nitro groups is 1. The van der Waals surface area contributed by atoms with Crippen LogP contribution < -0.4 is 5.73 Å². The quantitative estimate of drug-likeness (QED) is 0.674. The Labute approximate surface area is 123 Å². The number of piperidine rings is 1. The summed E-state index contributed by atoms with van der Waals surface area (Å²) in [6.07, 6.45) is 3.36. The van der Waals surface area contributed by atoms with Gasteiger partial charge in [-0.3, -0.25) is 14.9 Å². The zero-order valence-corrected chi connectivity index (χ0v) is 12.5. The number of nitrogens with two attached hydrogens (primary N) is 1. The Morgan fingerprint density at radius 3 is 2.90 bits per heavy atom. The Morgan fingerprint density at radius 2 is 2.33 bits per heavy atom. The van der Waals surface area contributed by atoms with E-state index in [1.807, 2.05) is 13.8 Å². The predicted octanol–water partition coefficient (Wildman–Crippen LogP) is 1.62. The van der Waals surface area contributed by atoms with Crippen LogP contribution in [0.3, 0.4) is 0 Å². The van der Waals surface area contributed by atoms with E-state index < -0.39 is 4.92 Å². The van der Waals surface area contributed by atoms with E-state index in [9.17, 15) is 14.9 Å². The van der Waals surface area contributed by atoms with Gasteiger partial charge in [-0.25, -0.2) is 0 Å². The zero-order valence-electron chi connectivity index (χ0n) is 12.5. The zero-order chi connectivity index (χ0) is 15.6. The van der Waals surface area contributed by atoms with Crippen molar-refractivity contribution in [3.8, 4) is 0 Å². The number of amides is 1. The first kappa shape index (κ1) is 15.5. The maximum Gasteiger partial charge on any atom is 0.287 e. The lowest BCUT2D eigenvalue weighted by atomic mass is 9.92. The Bertz CT molecular complexity index is 538. The van der Waals surface area contributed by atoms with Crippen molar-refractivity contribution in [3.05, 3.63) is 28.1 Å². The lowest BCUT2D eigenvalue weighted by Crippen LogP contribution is -2.45. The molecule has 1 aromatic heterocycles. The fourth-order valence-electron chi connectivity index (χ4n) is 2.82. The van der Waals surface area contributed by atoms with E-state index >= 15 is 0 Å². The van der Waals surface area contributed by atoms with Crippen molar-refractivity contribution < 1.29 is 9.72 Å². The van der Waals surface area contributed by atoms with Gasteiger partial charge < -0.3 is 15.2 Å². The highest BCUT2D eigenvalue weighted by Crippen LogP contribution is 2.23. The molecule has 116 valence electrons. The van der Waals surface area contributed by atoms with E-state index in [2.05, 4.69) is 0 Å². The maximum absolute atomic E-state index is 12.6. The molecule has 2 unspecified atom stereocenters. The SMILES string of the molecule is CCn1cc([N+](=O)[O-])cc1C(=O)N1CCCC(C(C)N)C1. The second kappa shape index (κ2) is 6.26. The van der Waals surface area contributed by atoms with Crippen LogP contribution in [-0.2, 0) is 6.54 Å². The molecule has 0 bridgehead atoms. The number of hydrogen-bond acceptors (Lipinski definition) is 4. The Balaban J connectivity index is 2.21. The molecule has 2 heterocycles. The van der Waals surface area contributed by atoms with Crippen molar-refractivity contribution in [2.75, 3.05) is 13.1 Å². The van der Waals surface area contributed by atoms with E-state index in [0.29, 0.717) is 31.2 Å². The van der Waals surface area contributed by atoms with Crippen LogP contribution in [0.2, 0.25) is 0 Å². The minimum atomic E-state index is -0.468. The molecule has 2 N–H and O–H groups in total. The highest BCUT2D eigenvalue weighted by atomic mass is 16.6. The third-order valence-corrected chi connectivity index (χ3v) is 4.14. The van der Waals surface area contributed by atoms with Crippen LogP contribution in [0.1, 0.15) is 37.2 Å². The molecule has 21 heavy (non-hydrogen) atoms. The molecule has 7 heteroatoms. The number of rotatable bonds is 4. The van der Waals surface area contributed by atoms with Crippen molar-refractivity contribution in [2.45, 2.75) is 39.3 Å². The number of aromatic nitrogens is 1. The van der Waals surface area contributed by atoms with Crippen molar-refractivity contribution in [3.63, 3.8) is 0 Å². The number of carbonyl (C=O) groups excluding carboxylic acids is 1. The molecular formula is C14H22N4O3.